The van der Waals surface area contributed by atoms with E-state index >= 15 is 0 Å². The molecule has 0 aromatic carbocycles. The number of hydrogen-bond donors (Lipinski definition) is 1. The van der Waals surface area contributed by atoms with E-state index in [2.05, 4.69) is 20.0 Å². The minimum atomic E-state index is -0.512. The van der Waals surface area contributed by atoms with Crippen LogP contribution < -0.4 is 5.32 Å². The first-order valence-corrected chi connectivity index (χ1v) is 8.03. The molecule has 0 saturated heterocycles. The van der Waals surface area contributed by atoms with Crippen LogP contribution in [0.4, 0.5) is 4.79 Å². The monoisotopic (exact) mass is 333 g/mol. The van der Waals surface area contributed by atoms with Crippen molar-refractivity contribution in [1.29, 1.82) is 0 Å². The number of ether oxygens (including phenoxy) is 1. The van der Waals surface area contributed by atoms with E-state index in [4.69, 9.17) is 4.74 Å². The van der Waals surface area contributed by atoms with Gasteiger partial charge in [-0.3, -0.25) is 4.68 Å². The van der Waals surface area contributed by atoms with Crippen LogP contribution >= 0.6 is 0 Å². The second kappa shape index (κ2) is 6.67. The van der Waals surface area contributed by atoms with Crippen molar-refractivity contribution in [3.63, 3.8) is 0 Å². The summed E-state index contributed by atoms with van der Waals surface area (Å²) in [6.07, 6.45) is 5.63. The van der Waals surface area contributed by atoms with Crippen molar-refractivity contribution in [2.75, 3.05) is 0 Å². The van der Waals surface area contributed by atoms with Crippen molar-refractivity contribution in [2.24, 2.45) is 7.05 Å². The van der Waals surface area contributed by atoms with E-state index in [0.29, 0.717) is 13.0 Å². The highest BCUT2D eigenvalue weighted by Gasteiger charge is 2.26. The van der Waals surface area contributed by atoms with Gasteiger partial charge in [0.05, 0.1) is 18.6 Å². The summed E-state index contributed by atoms with van der Waals surface area (Å²) in [4.78, 5) is 16.3. The molecule has 2 heterocycles. The molecule has 0 radical (unpaired) electrons. The van der Waals surface area contributed by atoms with Crippen molar-refractivity contribution in [3.05, 3.63) is 36.2 Å². The van der Waals surface area contributed by atoms with E-state index in [9.17, 15) is 4.79 Å². The Labute approximate surface area is 143 Å². The van der Waals surface area contributed by atoms with E-state index in [-0.39, 0.29) is 0 Å². The van der Waals surface area contributed by atoms with Crippen LogP contribution in [-0.4, -0.2) is 36.6 Å². The van der Waals surface area contributed by atoms with E-state index in [0.717, 1.165) is 11.4 Å². The lowest BCUT2D eigenvalue weighted by molar-refractivity contribution is 0.0471. The highest BCUT2D eigenvalue weighted by atomic mass is 16.6. The Morgan fingerprint density at radius 1 is 1.25 bits per heavy atom. The first kappa shape index (κ1) is 18.0. The zero-order valence-corrected chi connectivity index (χ0v) is 15.3. The third-order valence-corrected chi connectivity index (χ3v) is 3.52. The van der Waals surface area contributed by atoms with Gasteiger partial charge in [-0.15, -0.1) is 0 Å². The van der Waals surface area contributed by atoms with Crippen molar-refractivity contribution >= 4 is 6.09 Å². The van der Waals surface area contributed by atoms with Gasteiger partial charge in [-0.05, 0) is 40.7 Å². The number of hydrogen-bond acceptors (Lipinski definition) is 4. The second-order valence-corrected chi connectivity index (χ2v) is 7.65. The van der Waals surface area contributed by atoms with Gasteiger partial charge in [0.2, 0.25) is 0 Å². The molecule has 0 bridgehead atoms. The van der Waals surface area contributed by atoms with Crippen molar-refractivity contribution in [1.82, 2.24) is 24.6 Å². The number of amides is 1. The lowest BCUT2D eigenvalue weighted by Crippen LogP contribution is -2.47. The predicted octanol–water partition coefficient (Wildman–Crippen LogP) is 2.51. The third kappa shape index (κ3) is 5.11. The zero-order valence-electron chi connectivity index (χ0n) is 15.3. The topological polar surface area (TPSA) is 74.0 Å². The van der Waals surface area contributed by atoms with Gasteiger partial charge < -0.3 is 14.6 Å². The maximum atomic E-state index is 12.0. The van der Waals surface area contributed by atoms with Gasteiger partial charge in [0, 0.05) is 37.1 Å². The van der Waals surface area contributed by atoms with Gasteiger partial charge in [0.1, 0.15) is 5.60 Å². The Morgan fingerprint density at radius 3 is 2.54 bits per heavy atom. The van der Waals surface area contributed by atoms with Gasteiger partial charge >= 0.3 is 6.09 Å². The maximum absolute atomic E-state index is 12.0. The number of aromatic nitrogens is 4. The molecule has 132 valence electrons. The van der Waals surface area contributed by atoms with Gasteiger partial charge in [-0.25, -0.2) is 9.78 Å². The normalized spacial score (nSPS) is 12.2. The van der Waals surface area contributed by atoms with Gasteiger partial charge in [-0.2, -0.15) is 5.10 Å². The number of carbonyl (C=O) groups excluding carboxylic acids is 1. The zero-order chi connectivity index (χ0) is 18.0. The first-order valence-electron chi connectivity index (χ1n) is 8.03. The van der Waals surface area contributed by atoms with Crippen LogP contribution in [-0.2, 0) is 24.8 Å². The van der Waals surface area contributed by atoms with Crippen LogP contribution in [0.25, 0.3) is 0 Å². The number of nitrogens with one attached hydrogen (secondary N) is 1. The first-order chi connectivity index (χ1) is 11.1. The van der Waals surface area contributed by atoms with Crippen LogP contribution in [0.3, 0.4) is 0 Å². The summed E-state index contributed by atoms with van der Waals surface area (Å²) >= 11 is 0. The highest BCUT2D eigenvalue weighted by Crippen LogP contribution is 2.15. The predicted molar refractivity (Wildman–Crippen MR) is 91.7 cm³/mol. The molecule has 0 aliphatic rings. The lowest BCUT2D eigenvalue weighted by atomic mass is 9.99. The number of aryl methyl sites for hydroxylation is 1. The molecule has 1 N–H and O–H groups in total. The van der Waals surface area contributed by atoms with Crippen molar-refractivity contribution in [2.45, 2.75) is 58.7 Å². The summed E-state index contributed by atoms with van der Waals surface area (Å²) < 4.78 is 9.25. The Hall–Kier alpha value is -2.31. The van der Waals surface area contributed by atoms with Gasteiger partial charge in [-0.1, -0.05) is 0 Å². The molecule has 7 nitrogen and oxygen atoms in total. The minimum absolute atomic E-state index is 0.412. The van der Waals surface area contributed by atoms with Crippen LogP contribution in [0.1, 0.15) is 46.0 Å². The molecule has 2 aromatic rings. The van der Waals surface area contributed by atoms with Gasteiger partial charge in [0.25, 0.3) is 0 Å². The van der Waals surface area contributed by atoms with Crippen LogP contribution in [0.5, 0.6) is 0 Å². The molecule has 0 saturated carbocycles. The number of imidazole rings is 1. The smallest absolute Gasteiger partial charge is 0.408 e. The average Bonchev–Trinajstić information content (AvgIpc) is 2.97. The van der Waals surface area contributed by atoms with E-state index in [1.54, 1.807) is 12.5 Å². The molecule has 2 aromatic heterocycles. The summed E-state index contributed by atoms with van der Waals surface area (Å²) in [5.41, 5.74) is 1.16. The Kier molecular flexibility index (Phi) is 5.01. The standard InChI is InChI=1S/C17H27N5O2/c1-16(2,3)24-15(23)20-17(4,5)9-14-10-18-12-22(14)11-13-7-8-19-21(13)6/h7-8,10,12H,9,11H2,1-6H3,(H,20,23). The van der Waals surface area contributed by atoms with Crippen LogP contribution in [0, 0.1) is 0 Å². The number of nitrogens with zero attached hydrogens (tertiary/aromatic N) is 4. The molecule has 24 heavy (non-hydrogen) atoms. The Bertz CT molecular complexity index is 694. The SMILES string of the molecule is Cn1nccc1Cn1cncc1CC(C)(C)NC(=O)OC(C)(C)C. The van der Waals surface area contributed by atoms with E-state index in [1.165, 1.54) is 0 Å². The molecular formula is C17H27N5O2. The number of carbonyl (C=O) groups is 1. The van der Waals surface area contributed by atoms with E-state index in [1.807, 2.05) is 58.6 Å². The molecule has 1 amide bonds. The van der Waals surface area contributed by atoms with E-state index < -0.39 is 17.2 Å². The molecule has 0 spiro atoms. The molecular weight excluding hydrogens is 306 g/mol. The largest absolute Gasteiger partial charge is 0.444 e. The summed E-state index contributed by atoms with van der Waals surface area (Å²) in [7, 11) is 1.92. The molecule has 7 heteroatoms. The van der Waals surface area contributed by atoms with Gasteiger partial charge in [0.15, 0.2) is 0 Å². The minimum Gasteiger partial charge on any atom is -0.444 e. The molecule has 0 fully saturated rings. The number of alkyl carbamates (subject to hydrolysis) is 1. The summed E-state index contributed by atoms with van der Waals surface area (Å²) in [6.45, 7) is 10.2. The summed E-state index contributed by atoms with van der Waals surface area (Å²) in [5.74, 6) is 0. The Balaban J connectivity index is 2.04. The fourth-order valence-corrected chi connectivity index (χ4v) is 2.45. The lowest BCUT2D eigenvalue weighted by Gasteiger charge is -2.29. The van der Waals surface area contributed by atoms with Crippen LogP contribution in [0.2, 0.25) is 0 Å². The Morgan fingerprint density at radius 2 is 1.96 bits per heavy atom. The number of rotatable bonds is 5. The fraction of sp³-hybridized carbons (Fsp3) is 0.588. The molecule has 0 aliphatic heterocycles. The molecule has 0 unspecified atom stereocenters. The van der Waals surface area contributed by atoms with Crippen molar-refractivity contribution < 1.29 is 9.53 Å². The van der Waals surface area contributed by atoms with Crippen molar-refractivity contribution in [3.8, 4) is 0 Å². The second-order valence-electron chi connectivity index (χ2n) is 7.65. The molecule has 0 atom stereocenters. The third-order valence-electron chi connectivity index (χ3n) is 3.52. The fourth-order valence-electron chi connectivity index (χ4n) is 2.45. The average molecular weight is 333 g/mol. The summed E-state index contributed by atoms with van der Waals surface area (Å²) in [5, 5.41) is 7.11. The molecule has 2 rings (SSSR count). The summed E-state index contributed by atoms with van der Waals surface area (Å²) in [6, 6.07) is 1.98. The molecule has 0 aliphatic carbocycles. The van der Waals surface area contributed by atoms with Crippen LogP contribution in [0.15, 0.2) is 24.8 Å². The maximum Gasteiger partial charge on any atom is 0.408 e. The highest BCUT2D eigenvalue weighted by molar-refractivity contribution is 5.68. The quantitative estimate of drug-likeness (QED) is 0.912.